The van der Waals surface area contributed by atoms with Crippen LogP contribution >= 0.6 is 0 Å². The number of ketones is 1. The average molecular weight is 270 g/mol. The first-order chi connectivity index (χ1) is 8.88. The van der Waals surface area contributed by atoms with Gasteiger partial charge in [0.15, 0.2) is 0 Å². The van der Waals surface area contributed by atoms with Gasteiger partial charge >= 0.3 is 0 Å². The molecule has 0 fully saturated rings. The maximum absolute atomic E-state index is 12.0. The van der Waals surface area contributed by atoms with E-state index in [-0.39, 0.29) is 17.6 Å². The second-order valence-electron chi connectivity index (χ2n) is 5.61. The Hall–Kier alpha value is -0.900. The lowest BCUT2D eigenvalue weighted by molar-refractivity contribution is -0.130. The van der Waals surface area contributed by atoms with Gasteiger partial charge in [-0.1, -0.05) is 19.8 Å². The lowest BCUT2D eigenvalue weighted by Crippen LogP contribution is -2.33. The minimum Gasteiger partial charge on any atom is -0.344 e. The van der Waals surface area contributed by atoms with Crippen molar-refractivity contribution in [1.29, 1.82) is 0 Å². The summed E-state index contributed by atoms with van der Waals surface area (Å²) in [5, 5.41) is 0. The van der Waals surface area contributed by atoms with E-state index in [4.69, 9.17) is 0 Å². The second-order valence-corrected chi connectivity index (χ2v) is 5.61. The Morgan fingerprint density at radius 2 is 1.68 bits per heavy atom. The van der Waals surface area contributed by atoms with Crippen LogP contribution in [0.2, 0.25) is 0 Å². The van der Waals surface area contributed by atoms with Crippen molar-refractivity contribution in [2.24, 2.45) is 5.92 Å². The largest absolute Gasteiger partial charge is 0.344 e. The van der Waals surface area contributed by atoms with Crippen molar-refractivity contribution in [1.82, 2.24) is 9.80 Å². The van der Waals surface area contributed by atoms with Crippen LogP contribution in [0.15, 0.2) is 0 Å². The summed E-state index contributed by atoms with van der Waals surface area (Å²) in [6, 6.07) is 0. The van der Waals surface area contributed by atoms with Crippen LogP contribution in [0.1, 0.15) is 46.0 Å². The Labute approximate surface area is 118 Å². The molecule has 19 heavy (non-hydrogen) atoms. The molecule has 0 bridgehead atoms. The van der Waals surface area contributed by atoms with Gasteiger partial charge < -0.3 is 9.80 Å². The first kappa shape index (κ1) is 18.1. The van der Waals surface area contributed by atoms with Crippen LogP contribution in [-0.2, 0) is 9.59 Å². The van der Waals surface area contributed by atoms with E-state index < -0.39 is 0 Å². The molecule has 0 aliphatic heterocycles. The molecule has 0 spiro atoms. The zero-order valence-electron chi connectivity index (χ0n) is 13.2. The number of carbonyl (C=O) groups is 2. The molecule has 0 heterocycles. The number of unbranched alkanes of at least 4 members (excludes halogenated alkanes) is 1. The van der Waals surface area contributed by atoms with Gasteiger partial charge in [0.2, 0.25) is 5.91 Å². The number of hydrogen-bond donors (Lipinski definition) is 0. The molecule has 0 aromatic rings. The van der Waals surface area contributed by atoms with E-state index in [1.807, 2.05) is 21.1 Å². The van der Waals surface area contributed by atoms with Crippen molar-refractivity contribution in [3.05, 3.63) is 0 Å². The highest BCUT2D eigenvalue weighted by molar-refractivity contribution is 5.80. The van der Waals surface area contributed by atoms with E-state index in [1.54, 1.807) is 11.8 Å². The highest BCUT2D eigenvalue weighted by Gasteiger charge is 2.17. The Morgan fingerprint density at radius 1 is 1.05 bits per heavy atom. The lowest BCUT2D eigenvalue weighted by atomic mass is 9.93. The fourth-order valence-corrected chi connectivity index (χ4v) is 1.96. The zero-order chi connectivity index (χ0) is 14.8. The Kier molecular flexibility index (Phi) is 9.48. The van der Waals surface area contributed by atoms with Gasteiger partial charge in [0, 0.05) is 32.5 Å². The van der Waals surface area contributed by atoms with E-state index >= 15 is 0 Å². The molecule has 1 amide bonds. The fraction of sp³-hybridized carbons (Fsp3) is 0.867. The van der Waals surface area contributed by atoms with Gasteiger partial charge in [-0.3, -0.25) is 9.59 Å². The third kappa shape index (κ3) is 8.76. The van der Waals surface area contributed by atoms with Gasteiger partial charge in [-0.15, -0.1) is 0 Å². The smallest absolute Gasteiger partial charge is 0.222 e. The van der Waals surface area contributed by atoms with Crippen LogP contribution in [0.3, 0.4) is 0 Å². The number of likely N-dealkylation sites (N-methyl/N-ethyl adjacent to an activating group) is 2. The first-order valence-electron chi connectivity index (χ1n) is 7.27. The predicted molar refractivity (Wildman–Crippen MR) is 79.1 cm³/mol. The molecule has 1 atom stereocenters. The minimum absolute atomic E-state index is 0.0612. The minimum atomic E-state index is 0.0612. The number of amides is 1. The molecule has 112 valence electrons. The Bertz CT molecular complexity index is 277. The first-order valence-corrected chi connectivity index (χ1v) is 7.27. The SMILES string of the molecule is CCCC[C@@H](CCC(=O)N(C)CCN(C)C)C(C)=O. The standard InChI is InChI=1S/C15H30N2O2/c1-6-7-8-14(13(2)18)9-10-15(19)17(5)12-11-16(3)4/h14H,6-12H2,1-5H3/t14-/m0/s1. The third-order valence-corrected chi connectivity index (χ3v) is 3.50. The van der Waals surface area contributed by atoms with Crippen molar-refractivity contribution >= 4 is 11.7 Å². The van der Waals surface area contributed by atoms with Crippen LogP contribution in [0.4, 0.5) is 0 Å². The summed E-state index contributed by atoms with van der Waals surface area (Å²) in [7, 11) is 5.82. The van der Waals surface area contributed by atoms with E-state index in [0.717, 1.165) is 32.4 Å². The molecule has 0 N–H and O–H groups in total. The molecule has 0 aliphatic carbocycles. The van der Waals surface area contributed by atoms with Gasteiger partial charge in [-0.25, -0.2) is 0 Å². The third-order valence-electron chi connectivity index (χ3n) is 3.50. The van der Waals surface area contributed by atoms with Gasteiger partial charge in [0.1, 0.15) is 5.78 Å². The van der Waals surface area contributed by atoms with Crippen LogP contribution in [0.25, 0.3) is 0 Å². The zero-order valence-corrected chi connectivity index (χ0v) is 13.2. The molecule has 0 rings (SSSR count). The summed E-state index contributed by atoms with van der Waals surface area (Å²) in [6.45, 7) is 5.37. The van der Waals surface area contributed by atoms with Crippen LogP contribution in [-0.4, -0.2) is 55.7 Å². The maximum atomic E-state index is 12.0. The highest BCUT2D eigenvalue weighted by Crippen LogP contribution is 2.16. The van der Waals surface area contributed by atoms with Gasteiger partial charge in [-0.05, 0) is 33.9 Å². The quantitative estimate of drug-likeness (QED) is 0.611. The molecular formula is C15H30N2O2. The molecule has 4 nitrogen and oxygen atoms in total. The normalized spacial score (nSPS) is 12.5. The van der Waals surface area contributed by atoms with E-state index in [0.29, 0.717) is 12.8 Å². The summed E-state index contributed by atoms with van der Waals surface area (Å²) >= 11 is 0. The summed E-state index contributed by atoms with van der Waals surface area (Å²) in [5.41, 5.74) is 0. The monoisotopic (exact) mass is 270 g/mol. The number of nitrogens with zero attached hydrogens (tertiary/aromatic N) is 2. The maximum Gasteiger partial charge on any atom is 0.222 e. The van der Waals surface area contributed by atoms with E-state index in [2.05, 4.69) is 11.8 Å². The number of hydrogen-bond acceptors (Lipinski definition) is 3. The molecule has 0 aliphatic rings. The van der Waals surface area contributed by atoms with Crippen molar-refractivity contribution in [3.63, 3.8) is 0 Å². The lowest BCUT2D eigenvalue weighted by Gasteiger charge is -2.21. The molecular weight excluding hydrogens is 240 g/mol. The van der Waals surface area contributed by atoms with Gasteiger partial charge in [-0.2, -0.15) is 0 Å². The average Bonchev–Trinajstić information content (AvgIpc) is 2.35. The topological polar surface area (TPSA) is 40.6 Å². The van der Waals surface area contributed by atoms with E-state index in [1.165, 1.54) is 0 Å². The predicted octanol–water partition coefficient (Wildman–Crippen LogP) is 2.18. The summed E-state index contributed by atoms with van der Waals surface area (Å²) < 4.78 is 0. The summed E-state index contributed by atoms with van der Waals surface area (Å²) in [6.07, 6.45) is 4.26. The molecule has 0 aromatic heterocycles. The van der Waals surface area contributed by atoms with Crippen LogP contribution < -0.4 is 0 Å². The van der Waals surface area contributed by atoms with Gasteiger partial charge in [0.05, 0.1) is 0 Å². The van der Waals surface area contributed by atoms with Crippen molar-refractivity contribution in [3.8, 4) is 0 Å². The Balaban J connectivity index is 4.06. The summed E-state index contributed by atoms with van der Waals surface area (Å²) in [4.78, 5) is 27.3. The van der Waals surface area contributed by atoms with Crippen LogP contribution in [0.5, 0.6) is 0 Å². The van der Waals surface area contributed by atoms with Crippen LogP contribution in [0, 0.1) is 5.92 Å². The molecule has 0 saturated carbocycles. The second kappa shape index (κ2) is 9.96. The molecule has 0 unspecified atom stereocenters. The molecule has 0 aromatic carbocycles. The Morgan fingerprint density at radius 3 is 2.16 bits per heavy atom. The summed E-state index contributed by atoms with van der Waals surface area (Å²) in [5.74, 6) is 0.424. The highest BCUT2D eigenvalue weighted by atomic mass is 16.2. The van der Waals surface area contributed by atoms with Gasteiger partial charge in [0.25, 0.3) is 0 Å². The molecule has 4 heteroatoms. The number of rotatable bonds is 10. The molecule has 0 radical (unpaired) electrons. The number of Topliss-reactive ketones (excluding diaryl/α,β-unsaturated/α-hetero) is 1. The van der Waals surface area contributed by atoms with Crippen molar-refractivity contribution < 1.29 is 9.59 Å². The molecule has 0 saturated heterocycles. The van der Waals surface area contributed by atoms with E-state index in [9.17, 15) is 9.59 Å². The number of carbonyl (C=O) groups excluding carboxylic acids is 2. The van der Waals surface area contributed by atoms with Crippen molar-refractivity contribution in [2.45, 2.75) is 46.0 Å². The fourth-order valence-electron chi connectivity index (χ4n) is 1.96. The van der Waals surface area contributed by atoms with Crippen molar-refractivity contribution in [2.75, 3.05) is 34.2 Å².